The zero-order valence-electron chi connectivity index (χ0n) is 12.1. The number of hydrazone groups is 1. The fourth-order valence-electron chi connectivity index (χ4n) is 1.89. The van der Waals surface area contributed by atoms with Crippen LogP contribution in [0, 0.1) is 0 Å². The van der Waals surface area contributed by atoms with Crippen LogP contribution in [0.1, 0.15) is 24.5 Å². The van der Waals surface area contributed by atoms with E-state index < -0.39 is 0 Å². The van der Waals surface area contributed by atoms with Crippen molar-refractivity contribution in [3.63, 3.8) is 0 Å². The van der Waals surface area contributed by atoms with Crippen LogP contribution in [-0.2, 0) is 11.2 Å². The summed E-state index contributed by atoms with van der Waals surface area (Å²) >= 11 is 11.8. The smallest absolute Gasteiger partial charge is 0.240 e. The van der Waals surface area contributed by atoms with E-state index in [1.807, 2.05) is 36.4 Å². The molecular weight excluding hydrogens is 319 g/mol. The summed E-state index contributed by atoms with van der Waals surface area (Å²) in [5.41, 5.74) is 5.18. The first kappa shape index (κ1) is 16.5. The van der Waals surface area contributed by atoms with Gasteiger partial charge in [-0.25, -0.2) is 5.43 Å². The zero-order chi connectivity index (χ0) is 15.9. The predicted octanol–water partition coefficient (Wildman–Crippen LogP) is 4.47. The number of hydrogen-bond donors (Lipinski definition) is 1. The molecule has 0 saturated heterocycles. The van der Waals surface area contributed by atoms with Crippen molar-refractivity contribution < 1.29 is 4.79 Å². The normalized spacial score (nSPS) is 11.3. The Labute approximate surface area is 139 Å². The first-order valence-corrected chi connectivity index (χ1v) is 7.64. The van der Waals surface area contributed by atoms with Gasteiger partial charge in [-0.05, 0) is 36.6 Å². The van der Waals surface area contributed by atoms with E-state index in [9.17, 15) is 4.79 Å². The lowest BCUT2D eigenvalue weighted by Crippen LogP contribution is -2.19. The third kappa shape index (κ3) is 4.86. The highest BCUT2D eigenvalue weighted by molar-refractivity contribution is 6.42. The van der Waals surface area contributed by atoms with Crippen LogP contribution in [0.4, 0.5) is 0 Å². The van der Waals surface area contributed by atoms with Gasteiger partial charge in [-0.15, -0.1) is 0 Å². The largest absolute Gasteiger partial charge is 0.273 e. The van der Waals surface area contributed by atoms with Crippen molar-refractivity contribution in [1.82, 2.24) is 5.43 Å². The van der Waals surface area contributed by atoms with Crippen molar-refractivity contribution in [2.75, 3.05) is 0 Å². The highest BCUT2D eigenvalue weighted by Crippen LogP contribution is 2.22. The minimum atomic E-state index is -0.122. The lowest BCUT2D eigenvalue weighted by molar-refractivity contribution is -0.121. The summed E-state index contributed by atoms with van der Waals surface area (Å²) in [5, 5.41) is 5.05. The van der Waals surface area contributed by atoms with E-state index in [2.05, 4.69) is 10.5 Å². The van der Waals surface area contributed by atoms with Crippen LogP contribution in [0.3, 0.4) is 0 Å². The van der Waals surface area contributed by atoms with E-state index in [1.54, 1.807) is 19.1 Å². The van der Waals surface area contributed by atoms with E-state index in [4.69, 9.17) is 23.2 Å². The molecule has 1 amide bonds. The summed E-state index contributed by atoms with van der Waals surface area (Å²) in [7, 11) is 0. The van der Waals surface area contributed by atoms with Crippen LogP contribution < -0.4 is 5.43 Å². The Morgan fingerprint density at radius 2 is 1.82 bits per heavy atom. The monoisotopic (exact) mass is 334 g/mol. The van der Waals surface area contributed by atoms with Crippen molar-refractivity contribution in [1.29, 1.82) is 0 Å². The van der Waals surface area contributed by atoms with E-state index in [-0.39, 0.29) is 5.91 Å². The molecule has 5 heteroatoms. The molecule has 22 heavy (non-hydrogen) atoms. The van der Waals surface area contributed by atoms with Gasteiger partial charge in [0.2, 0.25) is 5.91 Å². The first-order valence-electron chi connectivity index (χ1n) is 6.89. The van der Waals surface area contributed by atoms with E-state index in [1.165, 1.54) is 0 Å². The second-order valence-electron chi connectivity index (χ2n) is 4.85. The Morgan fingerprint density at radius 1 is 1.09 bits per heavy atom. The molecule has 0 radical (unpaired) electrons. The molecule has 0 aliphatic carbocycles. The number of rotatable bonds is 5. The molecule has 2 aromatic carbocycles. The summed E-state index contributed by atoms with van der Waals surface area (Å²) in [6.07, 6.45) is 1.08. The second kappa shape index (κ2) is 7.97. The Morgan fingerprint density at radius 3 is 2.50 bits per heavy atom. The molecule has 0 spiro atoms. The number of benzene rings is 2. The Kier molecular flexibility index (Phi) is 5.99. The topological polar surface area (TPSA) is 41.5 Å². The van der Waals surface area contributed by atoms with Gasteiger partial charge in [-0.2, -0.15) is 5.10 Å². The van der Waals surface area contributed by atoms with Gasteiger partial charge >= 0.3 is 0 Å². The number of carbonyl (C=O) groups excluding carboxylic acids is 1. The van der Waals surface area contributed by atoms with Gasteiger partial charge in [-0.3, -0.25) is 4.79 Å². The van der Waals surface area contributed by atoms with Crippen LogP contribution in [0.5, 0.6) is 0 Å². The fourth-order valence-corrected chi connectivity index (χ4v) is 2.19. The standard InChI is InChI=1S/C17H16Cl2N2O/c1-12(14-8-9-15(18)16(19)11-14)20-21-17(22)10-7-13-5-3-2-4-6-13/h2-6,8-9,11H,7,10H2,1H3,(H,21,22). The summed E-state index contributed by atoms with van der Waals surface area (Å²) in [4.78, 5) is 11.8. The van der Waals surface area contributed by atoms with Gasteiger partial charge in [0.05, 0.1) is 15.8 Å². The lowest BCUT2D eigenvalue weighted by atomic mass is 10.1. The molecule has 2 rings (SSSR count). The summed E-state index contributed by atoms with van der Waals surface area (Å²) in [5.74, 6) is -0.122. The van der Waals surface area contributed by atoms with Crippen LogP contribution in [0.2, 0.25) is 10.0 Å². The maximum absolute atomic E-state index is 11.8. The third-order valence-electron chi connectivity index (χ3n) is 3.17. The van der Waals surface area contributed by atoms with E-state index >= 15 is 0 Å². The summed E-state index contributed by atoms with van der Waals surface area (Å²) < 4.78 is 0. The fraction of sp³-hybridized carbons (Fsp3) is 0.176. The van der Waals surface area contributed by atoms with Gasteiger partial charge < -0.3 is 0 Å². The quantitative estimate of drug-likeness (QED) is 0.636. The summed E-state index contributed by atoms with van der Waals surface area (Å²) in [6, 6.07) is 15.1. The number of halogens is 2. The highest BCUT2D eigenvalue weighted by Gasteiger charge is 2.04. The van der Waals surface area contributed by atoms with Crippen LogP contribution >= 0.6 is 23.2 Å². The van der Waals surface area contributed by atoms with Crippen molar-refractivity contribution in [3.8, 4) is 0 Å². The second-order valence-corrected chi connectivity index (χ2v) is 5.66. The molecule has 0 fully saturated rings. The number of nitrogens with one attached hydrogen (secondary N) is 1. The van der Waals surface area contributed by atoms with Gasteiger partial charge in [0, 0.05) is 6.42 Å². The molecular formula is C17H16Cl2N2O. The van der Waals surface area contributed by atoms with Crippen molar-refractivity contribution in [2.45, 2.75) is 19.8 Å². The molecule has 0 bridgehead atoms. The number of aryl methyl sites for hydroxylation is 1. The van der Waals surface area contributed by atoms with Gasteiger partial charge in [0.25, 0.3) is 0 Å². The third-order valence-corrected chi connectivity index (χ3v) is 3.91. The number of nitrogens with zero attached hydrogens (tertiary/aromatic N) is 1. The van der Waals surface area contributed by atoms with Crippen molar-refractivity contribution in [2.24, 2.45) is 5.10 Å². The van der Waals surface area contributed by atoms with Crippen LogP contribution in [0.15, 0.2) is 53.6 Å². The molecule has 0 unspecified atom stereocenters. The maximum Gasteiger partial charge on any atom is 0.240 e. The SMILES string of the molecule is CC(=NNC(=O)CCc1ccccc1)c1ccc(Cl)c(Cl)c1. The lowest BCUT2D eigenvalue weighted by Gasteiger charge is -2.04. The van der Waals surface area contributed by atoms with Gasteiger partial charge in [0.15, 0.2) is 0 Å². The van der Waals surface area contributed by atoms with Crippen LogP contribution in [-0.4, -0.2) is 11.6 Å². The Balaban J connectivity index is 1.90. The molecule has 0 heterocycles. The maximum atomic E-state index is 11.8. The van der Waals surface area contributed by atoms with E-state index in [0.717, 1.165) is 11.1 Å². The molecule has 0 aliphatic heterocycles. The molecule has 0 saturated carbocycles. The van der Waals surface area contributed by atoms with Gasteiger partial charge in [-0.1, -0.05) is 59.6 Å². The average Bonchev–Trinajstić information content (AvgIpc) is 2.54. The predicted molar refractivity (Wildman–Crippen MR) is 91.6 cm³/mol. The number of hydrogen-bond acceptors (Lipinski definition) is 2. The molecule has 1 N–H and O–H groups in total. The minimum absolute atomic E-state index is 0.122. The number of amides is 1. The molecule has 0 aliphatic rings. The molecule has 2 aromatic rings. The van der Waals surface area contributed by atoms with Crippen LogP contribution in [0.25, 0.3) is 0 Å². The Hall–Kier alpha value is -1.84. The first-order chi connectivity index (χ1) is 10.6. The van der Waals surface area contributed by atoms with E-state index in [0.29, 0.717) is 28.6 Å². The molecule has 0 atom stereocenters. The molecule has 114 valence electrons. The number of carbonyl (C=O) groups is 1. The van der Waals surface area contributed by atoms with Gasteiger partial charge in [0.1, 0.15) is 0 Å². The Bertz CT molecular complexity index is 684. The van der Waals surface area contributed by atoms with Crippen molar-refractivity contribution >= 4 is 34.8 Å². The van der Waals surface area contributed by atoms with Crippen molar-refractivity contribution in [3.05, 3.63) is 69.7 Å². The molecule has 3 nitrogen and oxygen atoms in total. The minimum Gasteiger partial charge on any atom is -0.273 e. The average molecular weight is 335 g/mol. The zero-order valence-corrected chi connectivity index (χ0v) is 13.7. The summed E-state index contributed by atoms with van der Waals surface area (Å²) in [6.45, 7) is 1.80. The highest BCUT2D eigenvalue weighted by atomic mass is 35.5. The molecule has 0 aromatic heterocycles.